The summed E-state index contributed by atoms with van der Waals surface area (Å²) < 4.78 is 10.9. The normalized spacial score (nSPS) is 13.3. The Hall–Kier alpha value is -2.57. The Morgan fingerprint density at radius 2 is 2.08 bits per heavy atom. The quantitative estimate of drug-likeness (QED) is 0.713. The number of carboxylic acid groups (broad SMARTS) is 1. The molecule has 0 unspecified atom stereocenters. The average Bonchev–Trinajstić information content (AvgIpc) is 2.65. The number of carboxylic acids is 1. The molecule has 0 saturated carbocycles. The summed E-state index contributed by atoms with van der Waals surface area (Å²) in [6, 6.07) is 15.2. The number of thioether (sulfide) groups is 1. The molecule has 1 aromatic heterocycles. The second-order valence-corrected chi connectivity index (χ2v) is 6.67. The standard InChI is InChI=1S/C19H15NO4S/c21-19(22)13-7-14-9-23-11-24-18(14)15(8-13)10-25-17-6-5-12-3-1-2-4-16(12)20-17/h1-8H,9-11H2,(H,21,22). The molecule has 3 aromatic rings. The molecule has 0 saturated heterocycles. The predicted molar refractivity (Wildman–Crippen MR) is 95.0 cm³/mol. The van der Waals surface area contributed by atoms with Gasteiger partial charge in [-0.3, -0.25) is 0 Å². The van der Waals surface area contributed by atoms with Gasteiger partial charge in [0.15, 0.2) is 6.79 Å². The number of para-hydroxylation sites is 1. The van der Waals surface area contributed by atoms with Gasteiger partial charge < -0.3 is 14.6 Å². The number of hydrogen-bond donors (Lipinski definition) is 1. The van der Waals surface area contributed by atoms with E-state index in [2.05, 4.69) is 4.98 Å². The van der Waals surface area contributed by atoms with Crippen LogP contribution in [0.4, 0.5) is 0 Å². The minimum atomic E-state index is -0.955. The van der Waals surface area contributed by atoms with Gasteiger partial charge in [0.1, 0.15) is 5.75 Å². The van der Waals surface area contributed by atoms with Crippen LogP contribution >= 0.6 is 11.8 Å². The van der Waals surface area contributed by atoms with Crippen LogP contribution in [0.15, 0.2) is 53.6 Å². The molecule has 0 spiro atoms. The van der Waals surface area contributed by atoms with Crippen LogP contribution in [0.3, 0.4) is 0 Å². The van der Waals surface area contributed by atoms with E-state index < -0.39 is 5.97 Å². The Morgan fingerprint density at radius 3 is 2.96 bits per heavy atom. The number of aromatic carboxylic acids is 1. The zero-order chi connectivity index (χ0) is 17.2. The second-order valence-electron chi connectivity index (χ2n) is 5.67. The van der Waals surface area contributed by atoms with Crippen LogP contribution in [0.25, 0.3) is 10.9 Å². The Labute approximate surface area is 148 Å². The molecule has 2 aromatic carbocycles. The van der Waals surface area contributed by atoms with Gasteiger partial charge >= 0.3 is 5.97 Å². The van der Waals surface area contributed by atoms with Crippen molar-refractivity contribution in [2.75, 3.05) is 6.79 Å². The molecule has 0 amide bonds. The highest BCUT2D eigenvalue weighted by molar-refractivity contribution is 7.98. The van der Waals surface area contributed by atoms with Crippen LogP contribution in [-0.2, 0) is 17.1 Å². The molecule has 1 aliphatic rings. The highest BCUT2D eigenvalue weighted by Crippen LogP contribution is 2.34. The maximum absolute atomic E-state index is 11.4. The number of ether oxygens (including phenoxy) is 2. The number of pyridine rings is 1. The van der Waals surface area contributed by atoms with E-state index in [9.17, 15) is 9.90 Å². The topological polar surface area (TPSA) is 68.7 Å². The van der Waals surface area contributed by atoms with Crippen molar-refractivity contribution in [1.82, 2.24) is 4.98 Å². The molecule has 0 radical (unpaired) electrons. The molecule has 5 nitrogen and oxygen atoms in total. The van der Waals surface area contributed by atoms with Crippen molar-refractivity contribution in [2.24, 2.45) is 0 Å². The lowest BCUT2D eigenvalue weighted by Gasteiger charge is -2.21. The number of fused-ring (bicyclic) bond motifs is 2. The molecule has 126 valence electrons. The van der Waals surface area contributed by atoms with E-state index in [0.717, 1.165) is 32.8 Å². The molecule has 6 heteroatoms. The van der Waals surface area contributed by atoms with Crippen LogP contribution in [0, 0.1) is 0 Å². The summed E-state index contributed by atoms with van der Waals surface area (Å²) in [6.07, 6.45) is 0. The summed E-state index contributed by atoms with van der Waals surface area (Å²) in [5.41, 5.74) is 2.81. The molecular formula is C19H15NO4S. The predicted octanol–water partition coefficient (Wildman–Crippen LogP) is 4.09. The fourth-order valence-corrected chi connectivity index (χ4v) is 3.65. The molecule has 0 atom stereocenters. The molecule has 0 bridgehead atoms. The van der Waals surface area contributed by atoms with Crippen molar-refractivity contribution in [1.29, 1.82) is 0 Å². The van der Waals surface area contributed by atoms with E-state index in [1.165, 1.54) is 0 Å². The third kappa shape index (κ3) is 3.31. The zero-order valence-electron chi connectivity index (χ0n) is 13.3. The number of carbonyl (C=O) groups is 1. The third-order valence-corrected chi connectivity index (χ3v) is 4.96. The first kappa shape index (κ1) is 15.9. The van der Waals surface area contributed by atoms with Gasteiger partial charge in [0.05, 0.1) is 22.7 Å². The van der Waals surface area contributed by atoms with E-state index >= 15 is 0 Å². The molecule has 2 heterocycles. The van der Waals surface area contributed by atoms with E-state index in [-0.39, 0.29) is 12.4 Å². The lowest BCUT2D eigenvalue weighted by Crippen LogP contribution is -2.14. The molecule has 25 heavy (non-hydrogen) atoms. The van der Waals surface area contributed by atoms with Crippen LogP contribution in [0.2, 0.25) is 0 Å². The summed E-state index contributed by atoms with van der Waals surface area (Å²) in [5.74, 6) is 0.349. The highest BCUT2D eigenvalue weighted by atomic mass is 32.2. The van der Waals surface area contributed by atoms with Crippen molar-refractivity contribution in [3.63, 3.8) is 0 Å². The van der Waals surface area contributed by atoms with Crippen molar-refractivity contribution in [3.05, 3.63) is 65.2 Å². The van der Waals surface area contributed by atoms with Crippen LogP contribution in [0.1, 0.15) is 21.5 Å². The van der Waals surface area contributed by atoms with Crippen LogP contribution in [-0.4, -0.2) is 22.9 Å². The van der Waals surface area contributed by atoms with Crippen molar-refractivity contribution >= 4 is 28.6 Å². The van der Waals surface area contributed by atoms with Crippen molar-refractivity contribution < 1.29 is 19.4 Å². The van der Waals surface area contributed by atoms with Gasteiger partial charge in [0.2, 0.25) is 0 Å². The molecule has 0 aliphatic carbocycles. The minimum absolute atomic E-state index is 0.186. The Kier molecular flexibility index (Phi) is 4.29. The summed E-state index contributed by atoms with van der Waals surface area (Å²) in [7, 11) is 0. The lowest BCUT2D eigenvalue weighted by molar-refractivity contribution is -0.0169. The molecule has 0 fully saturated rings. The van der Waals surface area contributed by atoms with Gasteiger partial charge in [0, 0.05) is 22.3 Å². The highest BCUT2D eigenvalue weighted by Gasteiger charge is 2.19. The van der Waals surface area contributed by atoms with Gasteiger partial charge in [-0.15, -0.1) is 11.8 Å². The maximum Gasteiger partial charge on any atom is 0.335 e. The van der Waals surface area contributed by atoms with Gasteiger partial charge in [-0.25, -0.2) is 9.78 Å². The van der Waals surface area contributed by atoms with Gasteiger partial charge in [-0.1, -0.05) is 24.3 Å². The summed E-state index contributed by atoms with van der Waals surface area (Å²) in [5, 5.41) is 11.3. The Balaban J connectivity index is 1.63. The summed E-state index contributed by atoms with van der Waals surface area (Å²) in [4.78, 5) is 16.0. The second kappa shape index (κ2) is 6.74. The van der Waals surface area contributed by atoms with Crippen molar-refractivity contribution in [2.45, 2.75) is 17.4 Å². The number of aromatic nitrogens is 1. The smallest absolute Gasteiger partial charge is 0.335 e. The SMILES string of the molecule is O=C(O)c1cc2c(c(CSc3ccc4ccccc4n3)c1)OCOC2. The number of hydrogen-bond acceptors (Lipinski definition) is 5. The minimum Gasteiger partial charge on any atom is -0.478 e. The Morgan fingerprint density at radius 1 is 1.20 bits per heavy atom. The maximum atomic E-state index is 11.4. The Bertz CT molecular complexity index is 957. The van der Waals surface area contributed by atoms with E-state index in [1.54, 1.807) is 23.9 Å². The first-order chi connectivity index (χ1) is 12.2. The molecule has 4 rings (SSSR count). The van der Waals surface area contributed by atoms with Crippen LogP contribution < -0.4 is 4.74 Å². The van der Waals surface area contributed by atoms with Crippen molar-refractivity contribution in [3.8, 4) is 5.75 Å². The third-order valence-electron chi connectivity index (χ3n) is 3.98. The number of benzene rings is 2. The van der Waals surface area contributed by atoms with Gasteiger partial charge in [0.25, 0.3) is 0 Å². The zero-order valence-corrected chi connectivity index (χ0v) is 14.1. The molecule has 1 aliphatic heterocycles. The lowest BCUT2D eigenvalue weighted by atomic mass is 10.0. The molecule has 1 N–H and O–H groups in total. The first-order valence-corrected chi connectivity index (χ1v) is 8.77. The van der Waals surface area contributed by atoms with Gasteiger partial charge in [-0.2, -0.15) is 0 Å². The van der Waals surface area contributed by atoms with E-state index in [1.807, 2.05) is 36.4 Å². The van der Waals surface area contributed by atoms with Crippen LogP contribution in [0.5, 0.6) is 5.75 Å². The summed E-state index contributed by atoms with van der Waals surface area (Å²) in [6.45, 7) is 0.549. The first-order valence-electron chi connectivity index (χ1n) is 7.79. The summed E-state index contributed by atoms with van der Waals surface area (Å²) >= 11 is 1.56. The van der Waals surface area contributed by atoms with E-state index in [4.69, 9.17) is 9.47 Å². The number of nitrogens with zero attached hydrogens (tertiary/aromatic N) is 1. The van der Waals surface area contributed by atoms with E-state index in [0.29, 0.717) is 12.4 Å². The molecular weight excluding hydrogens is 338 g/mol. The fraction of sp³-hybridized carbons (Fsp3) is 0.158. The van der Waals surface area contributed by atoms with Gasteiger partial charge in [-0.05, 0) is 24.3 Å². The average molecular weight is 353 g/mol. The number of rotatable bonds is 4. The monoisotopic (exact) mass is 353 g/mol. The largest absolute Gasteiger partial charge is 0.478 e. The fourth-order valence-electron chi connectivity index (χ4n) is 2.81.